The largest absolute Gasteiger partial charge is 0.347 e. The fourth-order valence-corrected chi connectivity index (χ4v) is 6.35. The van der Waals surface area contributed by atoms with Crippen LogP contribution < -0.4 is 10.0 Å². The summed E-state index contributed by atoms with van der Waals surface area (Å²) >= 11 is 16.4. The highest BCUT2D eigenvalue weighted by atomic mass is 35.6. The summed E-state index contributed by atoms with van der Waals surface area (Å²) in [5, 5.41) is 2.28. The van der Waals surface area contributed by atoms with E-state index in [1.165, 1.54) is 6.07 Å². The monoisotopic (exact) mass is 462 g/mol. The zero-order valence-corrected chi connectivity index (χ0v) is 17.7. The molecule has 1 aliphatic rings. The Balaban J connectivity index is 2.28. The molecule has 2 atom stereocenters. The Bertz CT molecular complexity index is 926. The van der Waals surface area contributed by atoms with Crippen LogP contribution in [0.3, 0.4) is 0 Å². The van der Waals surface area contributed by atoms with Crippen molar-refractivity contribution in [3.05, 3.63) is 29.3 Å². The lowest BCUT2D eigenvalue weighted by atomic mass is 10.2. The Hall–Kier alpha value is -0.580. The molecule has 0 saturated carbocycles. The number of hydrogen-bond acceptors (Lipinski definition) is 5. The average Bonchev–Trinajstić information content (AvgIpc) is 2.70. The summed E-state index contributed by atoms with van der Waals surface area (Å²) < 4.78 is 49.2. The van der Waals surface area contributed by atoms with Crippen LogP contribution in [0, 0.1) is 13.8 Å². The molecule has 1 fully saturated rings. The Morgan fingerprint density at radius 2 is 1.73 bits per heavy atom. The first-order valence-corrected chi connectivity index (χ1v) is 11.8. The fourth-order valence-electron chi connectivity index (χ4n) is 2.72. The van der Waals surface area contributed by atoms with Crippen molar-refractivity contribution in [1.82, 2.24) is 10.0 Å². The van der Waals surface area contributed by atoms with Crippen molar-refractivity contribution in [3.8, 4) is 0 Å². The summed E-state index contributed by atoms with van der Waals surface area (Å²) in [4.78, 5) is 11.9. The van der Waals surface area contributed by atoms with Gasteiger partial charge in [-0.3, -0.25) is 4.79 Å². The molecule has 2 N–H and O–H groups in total. The van der Waals surface area contributed by atoms with Crippen molar-refractivity contribution < 1.29 is 21.6 Å². The number of sulfone groups is 1. The molecule has 1 heterocycles. The molecule has 26 heavy (non-hydrogen) atoms. The second-order valence-electron chi connectivity index (χ2n) is 6.15. The third-order valence-electron chi connectivity index (χ3n) is 3.85. The van der Waals surface area contributed by atoms with E-state index in [1.807, 2.05) is 6.92 Å². The minimum atomic E-state index is -4.01. The molecule has 0 aliphatic carbocycles. The van der Waals surface area contributed by atoms with E-state index < -0.39 is 53.1 Å². The molecular weight excluding hydrogens is 447 g/mol. The smallest absolute Gasteiger partial charge is 0.272 e. The van der Waals surface area contributed by atoms with Crippen LogP contribution in [-0.2, 0) is 24.7 Å². The lowest BCUT2D eigenvalue weighted by Crippen LogP contribution is -2.53. The maximum absolute atomic E-state index is 12.7. The van der Waals surface area contributed by atoms with Gasteiger partial charge in [0.25, 0.3) is 9.70 Å². The lowest BCUT2D eigenvalue weighted by Gasteiger charge is -2.23. The van der Waals surface area contributed by atoms with Gasteiger partial charge in [0.05, 0.1) is 28.5 Å². The van der Waals surface area contributed by atoms with Crippen molar-refractivity contribution >= 4 is 60.6 Å². The summed E-state index contributed by atoms with van der Waals surface area (Å²) in [6.07, 6.45) is 0. The third kappa shape index (κ3) is 5.24. The van der Waals surface area contributed by atoms with Crippen LogP contribution in [-0.4, -0.2) is 50.1 Å². The molecular formula is C14H17Cl3N2O5S2. The van der Waals surface area contributed by atoms with Crippen LogP contribution >= 0.6 is 34.8 Å². The van der Waals surface area contributed by atoms with Gasteiger partial charge in [0, 0.05) is 0 Å². The van der Waals surface area contributed by atoms with Crippen LogP contribution in [0.25, 0.3) is 0 Å². The first kappa shape index (κ1) is 21.7. The average molecular weight is 464 g/mol. The van der Waals surface area contributed by atoms with Gasteiger partial charge in [-0.2, -0.15) is 0 Å². The number of carbonyl (C=O) groups is 1. The highest BCUT2D eigenvalue weighted by Gasteiger charge is 2.43. The van der Waals surface area contributed by atoms with E-state index in [1.54, 1.807) is 19.1 Å². The van der Waals surface area contributed by atoms with Gasteiger partial charge >= 0.3 is 0 Å². The van der Waals surface area contributed by atoms with Gasteiger partial charge in [-0.25, -0.2) is 21.6 Å². The Morgan fingerprint density at radius 3 is 2.27 bits per heavy atom. The lowest BCUT2D eigenvalue weighted by molar-refractivity contribution is -0.120. The highest BCUT2D eigenvalue weighted by molar-refractivity contribution is 7.92. The summed E-state index contributed by atoms with van der Waals surface area (Å²) in [6, 6.07) is 2.63. The van der Waals surface area contributed by atoms with Crippen LogP contribution in [0.4, 0.5) is 0 Å². The standard InChI is InChI=1S/C14H17Cl3N2O5S2/c1-8-3-4-12(9(2)5-8)26(23,24)19-11-7-25(21,22)6-10(11)18-13(20)14(15,16)17/h3-5,10-11,19H,6-7H2,1-2H3,(H,18,20)/t10-,11+/m1/s1. The van der Waals surface area contributed by atoms with Crippen LogP contribution in [0.15, 0.2) is 23.1 Å². The number of nitrogens with one attached hydrogen (secondary N) is 2. The van der Waals surface area contributed by atoms with E-state index in [-0.39, 0.29) is 4.90 Å². The molecule has 0 bridgehead atoms. The van der Waals surface area contributed by atoms with Gasteiger partial charge in [-0.05, 0) is 25.5 Å². The van der Waals surface area contributed by atoms with Gasteiger partial charge in [0.1, 0.15) is 0 Å². The van der Waals surface area contributed by atoms with E-state index in [4.69, 9.17) is 34.8 Å². The maximum atomic E-state index is 12.7. The topological polar surface area (TPSA) is 109 Å². The number of hydrogen-bond donors (Lipinski definition) is 2. The van der Waals surface area contributed by atoms with Crippen LogP contribution in [0.1, 0.15) is 11.1 Å². The van der Waals surface area contributed by atoms with Crippen molar-refractivity contribution in [1.29, 1.82) is 0 Å². The predicted octanol–water partition coefficient (Wildman–Crippen LogP) is 1.23. The van der Waals surface area contributed by atoms with Gasteiger partial charge in [0.15, 0.2) is 9.84 Å². The number of sulfonamides is 1. The summed E-state index contributed by atoms with van der Waals surface area (Å²) in [7, 11) is -7.59. The van der Waals surface area contributed by atoms with Crippen LogP contribution in [0.5, 0.6) is 0 Å². The molecule has 7 nitrogen and oxygen atoms in total. The molecule has 1 amide bonds. The Kier molecular flexibility index (Phi) is 6.22. The van der Waals surface area contributed by atoms with Gasteiger partial charge < -0.3 is 5.32 Å². The van der Waals surface area contributed by atoms with Crippen molar-refractivity contribution in [2.24, 2.45) is 0 Å². The van der Waals surface area contributed by atoms with E-state index in [0.717, 1.165) is 5.56 Å². The van der Waals surface area contributed by atoms with Crippen molar-refractivity contribution in [2.75, 3.05) is 11.5 Å². The van der Waals surface area contributed by atoms with Gasteiger partial charge in [-0.1, -0.05) is 52.5 Å². The number of alkyl halides is 3. The Morgan fingerprint density at radius 1 is 1.15 bits per heavy atom. The molecule has 1 saturated heterocycles. The van der Waals surface area contributed by atoms with E-state index in [0.29, 0.717) is 5.56 Å². The second-order valence-corrected chi connectivity index (χ2v) is 12.3. The van der Waals surface area contributed by atoms with E-state index >= 15 is 0 Å². The SMILES string of the molecule is Cc1ccc(S(=O)(=O)N[C@H]2CS(=O)(=O)C[C@H]2NC(=O)C(Cl)(Cl)Cl)c(C)c1. The molecule has 1 aliphatic heterocycles. The summed E-state index contributed by atoms with van der Waals surface area (Å²) in [5.74, 6) is -1.96. The minimum absolute atomic E-state index is 0.0267. The molecule has 0 aromatic heterocycles. The Labute approximate surface area is 167 Å². The zero-order valence-electron chi connectivity index (χ0n) is 13.8. The molecule has 1 aromatic rings. The number of halogens is 3. The zero-order chi connectivity index (χ0) is 19.9. The van der Waals surface area contributed by atoms with Gasteiger partial charge in [-0.15, -0.1) is 0 Å². The van der Waals surface area contributed by atoms with Crippen molar-refractivity contribution in [2.45, 2.75) is 34.6 Å². The molecule has 0 unspecified atom stereocenters. The molecule has 0 spiro atoms. The van der Waals surface area contributed by atoms with E-state index in [2.05, 4.69) is 10.0 Å². The summed E-state index contributed by atoms with van der Waals surface area (Å²) in [5.41, 5.74) is 1.40. The number of rotatable bonds is 4. The normalized spacial score (nSPS) is 23.0. The number of carbonyl (C=O) groups excluding carboxylic acids is 1. The van der Waals surface area contributed by atoms with Crippen LogP contribution in [0.2, 0.25) is 0 Å². The quantitative estimate of drug-likeness (QED) is 0.653. The molecule has 1 aromatic carbocycles. The predicted molar refractivity (Wildman–Crippen MR) is 101 cm³/mol. The molecule has 0 radical (unpaired) electrons. The second kappa shape index (κ2) is 7.44. The van der Waals surface area contributed by atoms with Gasteiger partial charge in [0.2, 0.25) is 10.0 Å². The van der Waals surface area contributed by atoms with Crippen molar-refractivity contribution in [3.63, 3.8) is 0 Å². The van der Waals surface area contributed by atoms with E-state index in [9.17, 15) is 21.6 Å². The number of amides is 1. The fraction of sp³-hybridized carbons (Fsp3) is 0.500. The number of benzene rings is 1. The number of aryl methyl sites for hydroxylation is 2. The first-order valence-electron chi connectivity index (χ1n) is 7.39. The third-order valence-corrected chi connectivity index (χ3v) is 7.75. The maximum Gasteiger partial charge on any atom is 0.272 e. The molecule has 2 rings (SSSR count). The summed E-state index contributed by atoms with van der Waals surface area (Å²) in [6.45, 7) is 3.46. The minimum Gasteiger partial charge on any atom is -0.347 e. The first-order chi connectivity index (χ1) is 11.7. The molecule has 146 valence electrons. The molecule has 12 heteroatoms. The highest BCUT2D eigenvalue weighted by Crippen LogP contribution is 2.27.